The summed E-state index contributed by atoms with van der Waals surface area (Å²) in [6, 6.07) is 0. The van der Waals surface area contributed by atoms with Crippen molar-refractivity contribution < 1.29 is 23.9 Å². The summed E-state index contributed by atoms with van der Waals surface area (Å²) in [4.78, 5) is 45.9. The van der Waals surface area contributed by atoms with Crippen molar-refractivity contribution in [2.24, 2.45) is 5.41 Å². The lowest BCUT2D eigenvalue weighted by molar-refractivity contribution is -0.137. The number of carbonyl (C=O) groups excluding carboxylic acids is 4. The average molecular weight is 269 g/mol. The van der Waals surface area contributed by atoms with E-state index in [1.54, 1.807) is 20.8 Å². The Balaban J connectivity index is 2.71. The summed E-state index contributed by atoms with van der Waals surface area (Å²) < 4.78 is 5.03. The molecule has 19 heavy (non-hydrogen) atoms. The lowest BCUT2D eigenvalue weighted by Crippen LogP contribution is -2.46. The standard InChI is InChI=1S/C13H19NO5/c1-12(2,3)19-11(18)14-8-13(6-7-15)9(16)4-5-10(13)17/h7H,4-6,8H2,1-3H3,(H,14,18). The largest absolute Gasteiger partial charge is 0.444 e. The molecule has 106 valence electrons. The van der Waals surface area contributed by atoms with Crippen molar-refractivity contribution in [3.05, 3.63) is 0 Å². The van der Waals surface area contributed by atoms with Crippen LogP contribution in [0, 0.1) is 5.41 Å². The number of rotatable bonds is 4. The van der Waals surface area contributed by atoms with Gasteiger partial charge in [0.1, 0.15) is 28.9 Å². The van der Waals surface area contributed by atoms with E-state index < -0.39 is 17.1 Å². The number of hydrogen-bond acceptors (Lipinski definition) is 5. The number of aldehydes is 1. The van der Waals surface area contributed by atoms with Crippen molar-refractivity contribution >= 4 is 23.9 Å². The highest BCUT2D eigenvalue weighted by molar-refractivity contribution is 6.14. The van der Waals surface area contributed by atoms with Crippen molar-refractivity contribution in [2.45, 2.75) is 45.6 Å². The summed E-state index contributed by atoms with van der Waals surface area (Å²) in [6.07, 6.45) is -0.103. The molecule has 1 amide bonds. The lowest BCUT2D eigenvalue weighted by Gasteiger charge is -2.25. The molecule has 0 atom stereocenters. The second-order valence-corrected chi connectivity index (χ2v) is 5.65. The van der Waals surface area contributed by atoms with Crippen LogP contribution in [0.1, 0.15) is 40.0 Å². The molecule has 6 heteroatoms. The highest BCUT2D eigenvalue weighted by Crippen LogP contribution is 2.33. The van der Waals surface area contributed by atoms with Crippen molar-refractivity contribution in [3.8, 4) is 0 Å². The van der Waals surface area contributed by atoms with Crippen LogP contribution in [0.2, 0.25) is 0 Å². The topological polar surface area (TPSA) is 89.5 Å². The Bertz CT molecular complexity index is 392. The van der Waals surface area contributed by atoms with E-state index in [2.05, 4.69) is 5.32 Å². The number of nitrogens with one attached hydrogen (secondary N) is 1. The van der Waals surface area contributed by atoms with Crippen LogP contribution in [0.4, 0.5) is 4.79 Å². The second-order valence-electron chi connectivity index (χ2n) is 5.65. The molecule has 1 saturated carbocycles. The van der Waals surface area contributed by atoms with Gasteiger partial charge in [0.25, 0.3) is 0 Å². The molecule has 1 fully saturated rings. The quantitative estimate of drug-likeness (QED) is 0.608. The van der Waals surface area contributed by atoms with Gasteiger partial charge in [0.15, 0.2) is 0 Å². The lowest BCUT2D eigenvalue weighted by atomic mass is 9.81. The predicted molar refractivity (Wildman–Crippen MR) is 66.6 cm³/mol. The summed E-state index contributed by atoms with van der Waals surface area (Å²) in [6.45, 7) is 4.94. The zero-order chi connectivity index (χ0) is 14.7. The second kappa shape index (κ2) is 5.50. The molecular formula is C13H19NO5. The fourth-order valence-electron chi connectivity index (χ4n) is 2.04. The first-order valence-electron chi connectivity index (χ1n) is 6.18. The zero-order valence-corrected chi connectivity index (χ0v) is 11.4. The highest BCUT2D eigenvalue weighted by atomic mass is 16.6. The van der Waals surface area contributed by atoms with Crippen LogP contribution < -0.4 is 5.32 Å². The molecule has 1 aliphatic carbocycles. The predicted octanol–water partition coefficient (Wildman–Crippen LogP) is 1.02. The first kappa shape index (κ1) is 15.3. The first-order chi connectivity index (χ1) is 8.71. The van der Waals surface area contributed by atoms with E-state index >= 15 is 0 Å². The monoisotopic (exact) mass is 269 g/mol. The summed E-state index contributed by atoms with van der Waals surface area (Å²) in [5.74, 6) is -0.582. The van der Waals surface area contributed by atoms with E-state index in [4.69, 9.17) is 4.74 Å². The van der Waals surface area contributed by atoms with Crippen molar-refractivity contribution in [2.75, 3.05) is 6.54 Å². The third-order valence-corrected chi connectivity index (χ3v) is 3.01. The molecule has 1 N–H and O–H groups in total. The number of hydrogen-bond donors (Lipinski definition) is 1. The van der Waals surface area contributed by atoms with Gasteiger partial charge in [-0.05, 0) is 20.8 Å². The third-order valence-electron chi connectivity index (χ3n) is 3.01. The molecule has 0 unspecified atom stereocenters. The summed E-state index contributed by atoms with van der Waals surface area (Å²) >= 11 is 0. The van der Waals surface area contributed by atoms with Crippen molar-refractivity contribution in [1.82, 2.24) is 5.32 Å². The molecule has 1 rings (SSSR count). The van der Waals surface area contributed by atoms with Crippen molar-refractivity contribution in [3.63, 3.8) is 0 Å². The van der Waals surface area contributed by atoms with Gasteiger partial charge in [-0.1, -0.05) is 0 Å². The zero-order valence-electron chi connectivity index (χ0n) is 11.4. The van der Waals surface area contributed by atoms with Crippen molar-refractivity contribution in [1.29, 1.82) is 0 Å². The van der Waals surface area contributed by atoms with Crippen LogP contribution in [0.3, 0.4) is 0 Å². The normalized spacial score (nSPS) is 18.3. The van der Waals surface area contributed by atoms with E-state index in [1.807, 2.05) is 0 Å². The number of ether oxygens (including phenoxy) is 1. The number of ketones is 2. The maximum absolute atomic E-state index is 11.8. The fourth-order valence-corrected chi connectivity index (χ4v) is 2.04. The van der Waals surface area contributed by atoms with Gasteiger partial charge in [-0.3, -0.25) is 9.59 Å². The smallest absolute Gasteiger partial charge is 0.407 e. The van der Waals surface area contributed by atoms with E-state index in [0.717, 1.165) is 0 Å². The molecule has 0 aliphatic heterocycles. The minimum Gasteiger partial charge on any atom is -0.444 e. The van der Waals surface area contributed by atoms with Gasteiger partial charge in [0.2, 0.25) is 0 Å². The molecular weight excluding hydrogens is 250 g/mol. The molecule has 0 aromatic rings. The maximum atomic E-state index is 11.8. The van der Waals surface area contributed by atoms with Crippen LogP contribution in [0.15, 0.2) is 0 Å². The molecule has 1 aliphatic rings. The van der Waals surface area contributed by atoms with Gasteiger partial charge in [-0.2, -0.15) is 0 Å². The van der Waals surface area contributed by atoms with E-state index in [9.17, 15) is 19.2 Å². The highest BCUT2D eigenvalue weighted by Gasteiger charge is 2.49. The number of amides is 1. The Morgan fingerprint density at radius 3 is 2.26 bits per heavy atom. The minimum atomic E-state index is -1.39. The van der Waals surface area contributed by atoms with Gasteiger partial charge in [-0.25, -0.2) is 4.79 Å². The molecule has 0 heterocycles. The van der Waals surface area contributed by atoms with E-state index in [1.165, 1.54) is 0 Å². The Labute approximate surface area is 111 Å². The molecule has 0 aromatic carbocycles. The summed E-state index contributed by atoms with van der Waals surface area (Å²) in [5, 5.41) is 2.41. The molecule has 6 nitrogen and oxygen atoms in total. The van der Waals surface area contributed by atoms with Crippen LogP contribution in [-0.2, 0) is 19.1 Å². The fraction of sp³-hybridized carbons (Fsp3) is 0.692. The number of Topliss-reactive ketones (excluding diaryl/α,β-unsaturated/α-hetero) is 2. The van der Waals surface area contributed by atoms with E-state index in [-0.39, 0.29) is 37.4 Å². The average Bonchev–Trinajstić information content (AvgIpc) is 2.53. The minimum absolute atomic E-state index is 0.128. The van der Waals surface area contributed by atoms with Gasteiger partial charge >= 0.3 is 6.09 Å². The van der Waals surface area contributed by atoms with Gasteiger partial charge < -0.3 is 14.8 Å². The number of alkyl carbamates (subject to hydrolysis) is 1. The summed E-state index contributed by atoms with van der Waals surface area (Å²) in [7, 11) is 0. The molecule has 0 radical (unpaired) electrons. The SMILES string of the molecule is CC(C)(C)OC(=O)NCC1(CC=O)C(=O)CCC1=O. The van der Waals surface area contributed by atoms with Crippen LogP contribution >= 0.6 is 0 Å². The van der Waals surface area contributed by atoms with Crippen LogP contribution in [0.25, 0.3) is 0 Å². The molecule has 0 aromatic heterocycles. The Hall–Kier alpha value is -1.72. The Kier molecular flexibility index (Phi) is 4.44. The molecule has 0 saturated heterocycles. The van der Waals surface area contributed by atoms with Crippen LogP contribution in [-0.4, -0.2) is 36.1 Å². The number of carbonyl (C=O) groups is 4. The van der Waals surface area contributed by atoms with Gasteiger partial charge in [0, 0.05) is 25.8 Å². The first-order valence-corrected chi connectivity index (χ1v) is 6.18. The maximum Gasteiger partial charge on any atom is 0.407 e. The van der Waals surface area contributed by atoms with Crippen LogP contribution in [0.5, 0.6) is 0 Å². The molecule has 0 bridgehead atoms. The van der Waals surface area contributed by atoms with Gasteiger partial charge in [0.05, 0.1) is 0 Å². The Morgan fingerprint density at radius 2 is 1.84 bits per heavy atom. The third kappa shape index (κ3) is 3.62. The van der Waals surface area contributed by atoms with E-state index in [0.29, 0.717) is 6.29 Å². The Morgan fingerprint density at radius 1 is 1.32 bits per heavy atom. The molecule has 0 spiro atoms. The van der Waals surface area contributed by atoms with Gasteiger partial charge in [-0.15, -0.1) is 0 Å². The summed E-state index contributed by atoms with van der Waals surface area (Å²) in [5.41, 5.74) is -2.05.